The molecule has 3 aliphatic heterocycles. The van der Waals surface area contributed by atoms with Gasteiger partial charge in [0.2, 0.25) is 0 Å². The van der Waals surface area contributed by atoms with Crippen LogP contribution in [-0.4, -0.2) is 65.3 Å². The second kappa shape index (κ2) is 8.18. The van der Waals surface area contributed by atoms with E-state index in [0.29, 0.717) is 56.0 Å². The lowest BCUT2D eigenvalue weighted by atomic mass is 9.96. The highest BCUT2D eigenvalue weighted by Crippen LogP contribution is 2.46. The standard InChI is InChI=1S/C29H25F2N3O3/c30-22-5-3-19-11-18(1-2-20(19)12-22)21-4-6-23(24(31)13-21)26-32-29(8-9-29)28(36)34(26)16-17-14-33(15-17)27(35)25-7-10-37-25/h1-6,11-13,17,25H,7-10,14-16H2. The van der Waals surface area contributed by atoms with E-state index in [9.17, 15) is 14.0 Å². The summed E-state index contributed by atoms with van der Waals surface area (Å²) < 4.78 is 34.3. The van der Waals surface area contributed by atoms with Crippen LogP contribution in [0.1, 0.15) is 24.8 Å². The van der Waals surface area contributed by atoms with Crippen LogP contribution in [0.2, 0.25) is 0 Å². The monoisotopic (exact) mass is 501 g/mol. The summed E-state index contributed by atoms with van der Waals surface area (Å²) in [6.45, 7) is 2.17. The lowest BCUT2D eigenvalue weighted by Gasteiger charge is -2.43. The van der Waals surface area contributed by atoms with Gasteiger partial charge in [-0.05, 0) is 65.1 Å². The van der Waals surface area contributed by atoms with E-state index in [2.05, 4.69) is 0 Å². The molecule has 7 rings (SSSR count). The molecule has 2 amide bonds. The third-order valence-corrected chi connectivity index (χ3v) is 7.97. The van der Waals surface area contributed by atoms with Crippen molar-refractivity contribution in [3.05, 3.63) is 71.8 Å². The fourth-order valence-corrected chi connectivity index (χ4v) is 5.51. The van der Waals surface area contributed by atoms with Crippen molar-refractivity contribution >= 4 is 28.4 Å². The highest BCUT2D eigenvalue weighted by Gasteiger charge is 2.58. The average molecular weight is 502 g/mol. The van der Waals surface area contributed by atoms with Crippen LogP contribution in [0.3, 0.4) is 0 Å². The predicted molar refractivity (Wildman–Crippen MR) is 134 cm³/mol. The maximum Gasteiger partial charge on any atom is 0.256 e. The lowest BCUT2D eigenvalue weighted by molar-refractivity contribution is -0.162. The van der Waals surface area contributed by atoms with Crippen molar-refractivity contribution in [2.24, 2.45) is 10.9 Å². The minimum absolute atomic E-state index is 0.0169. The molecule has 0 aromatic heterocycles. The minimum Gasteiger partial charge on any atom is -0.368 e. The molecular weight excluding hydrogens is 476 g/mol. The molecule has 0 N–H and O–H groups in total. The van der Waals surface area contributed by atoms with Gasteiger partial charge in [0, 0.05) is 32.0 Å². The number of halogens is 2. The Kier molecular flexibility index (Phi) is 4.98. The molecule has 0 bridgehead atoms. The van der Waals surface area contributed by atoms with Crippen LogP contribution in [0.4, 0.5) is 8.78 Å². The fourth-order valence-electron chi connectivity index (χ4n) is 5.51. The highest BCUT2D eigenvalue weighted by molar-refractivity contribution is 6.16. The van der Waals surface area contributed by atoms with Gasteiger partial charge in [-0.15, -0.1) is 0 Å². The number of hydrogen-bond donors (Lipinski definition) is 0. The Morgan fingerprint density at radius 3 is 2.41 bits per heavy atom. The number of carbonyl (C=O) groups excluding carboxylic acids is 2. The van der Waals surface area contributed by atoms with Gasteiger partial charge in [0.1, 0.15) is 29.1 Å². The number of aliphatic imine (C=N–C) groups is 1. The molecule has 1 aliphatic carbocycles. The van der Waals surface area contributed by atoms with E-state index >= 15 is 4.39 Å². The Morgan fingerprint density at radius 2 is 1.70 bits per heavy atom. The second-order valence-corrected chi connectivity index (χ2v) is 10.5. The van der Waals surface area contributed by atoms with Gasteiger partial charge < -0.3 is 9.64 Å². The first-order valence-corrected chi connectivity index (χ1v) is 12.7. The van der Waals surface area contributed by atoms with Crippen LogP contribution in [0.25, 0.3) is 21.9 Å². The first-order chi connectivity index (χ1) is 17.9. The van der Waals surface area contributed by atoms with Crippen molar-refractivity contribution in [2.75, 3.05) is 26.2 Å². The number of rotatable bonds is 5. The summed E-state index contributed by atoms with van der Waals surface area (Å²) >= 11 is 0. The van der Waals surface area contributed by atoms with Crippen LogP contribution in [-0.2, 0) is 14.3 Å². The zero-order valence-corrected chi connectivity index (χ0v) is 20.1. The van der Waals surface area contributed by atoms with Crippen molar-refractivity contribution in [1.82, 2.24) is 9.80 Å². The van der Waals surface area contributed by atoms with Crippen LogP contribution in [0.5, 0.6) is 0 Å². The van der Waals surface area contributed by atoms with Crippen LogP contribution >= 0.6 is 0 Å². The molecule has 2 saturated heterocycles. The van der Waals surface area contributed by atoms with Crippen molar-refractivity contribution in [3.8, 4) is 11.1 Å². The summed E-state index contributed by atoms with van der Waals surface area (Å²) in [6, 6.07) is 15.1. The Bertz CT molecular complexity index is 1490. The van der Waals surface area contributed by atoms with Gasteiger partial charge in [0.15, 0.2) is 0 Å². The number of hydrogen-bond acceptors (Lipinski definition) is 4. The molecule has 1 spiro atoms. The minimum atomic E-state index is -0.743. The Labute approximate surface area is 212 Å². The zero-order chi connectivity index (χ0) is 25.3. The number of amidine groups is 1. The Balaban J connectivity index is 1.12. The maximum atomic E-state index is 15.5. The summed E-state index contributed by atoms with van der Waals surface area (Å²) in [5.41, 5.74) is 1.07. The SMILES string of the molecule is O=C(C1CCO1)N1CC(CN2C(=O)C3(CC3)N=C2c2ccc(-c3ccc4cc(F)ccc4c3)cc2F)C1. The number of benzene rings is 3. The first-order valence-electron chi connectivity index (χ1n) is 12.7. The van der Waals surface area contributed by atoms with Crippen molar-refractivity contribution in [1.29, 1.82) is 0 Å². The van der Waals surface area contributed by atoms with E-state index in [-0.39, 0.29) is 29.7 Å². The largest absolute Gasteiger partial charge is 0.368 e. The molecule has 1 saturated carbocycles. The fraction of sp³-hybridized carbons (Fsp3) is 0.345. The normalized spacial score (nSPS) is 22.3. The molecule has 3 aromatic carbocycles. The topological polar surface area (TPSA) is 62.2 Å². The summed E-state index contributed by atoms with van der Waals surface area (Å²) in [7, 11) is 0. The molecule has 0 radical (unpaired) electrons. The van der Waals surface area contributed by atoms with Gasteiger partial charge in [0.25, 0.3) is 11.8 Å². The van der Waals surface area contributed by atoms with Gasteiger partial charge in [-0.25, -0.2) is 8.78 Å². The number of amides is 2. The van der Waals surface area contributed by atoms with Crippen LogP contribution in [0, 0.1) is 17.6 Å². The summed E-state index contributed by atoms with van der Waals surface area (Å²) in [6.07, 6.45) is 1.80. The Hall–Kier alpha value is -3.65. The molecule has 188 valence electrons. The average Bonchev–Trinajstić information content (AvgIpc) is 3.56. The van der Waals surface area contributed by atoms with Crippen molar-refractivity contribution in [3.63, 3.8) is 0 Å². The maximum absolute atomic E-state index is 15.5. The van der Waals surface area contributed by atoms with E-state index in [1.807, 2.05) is 24.3 Å². The Morgan fingerprint density at radius 1 is 1.00 bits per heavy atom. The van der Waals surface area contributed by atoms with E-state index in [4.69, 9.17) is 9.73 Å². The third-order valence-electron chi connectivity index (χ3n) is 7.97. The number of fused-ring (bicyclic) bond motifs is 1. The van der Waals surface area contributed by atoms with Crippen molar-refractivity contribution in [2.45, 2.75) is 30.9 Å². The van der Waals surface area contributed by atoms with Gasteiger partial charge >= 0.3 is 0 Å². The number of ether oxygens (including phenoxy) is 1. The first kappa shape index (κ1) is 22.5. The molecule has 37 heavy (non-hydrogen) atoms. The number of likely N-dealkylation sites (tertiary alicyclic amines) is 1. The van der Waals surface area contributed by atoms with E-state index in [0.717, 1.165) is 22.8 Å². The lowest BCUT2D eigenvalue weighted by Crippen LogP contribution is -2.58. The van der Waals surface area contributed by atoms with E-state index < -0.39 is 11.4 Å². The van der Waals surface area contributed by atoms with Gasteiger partial charge in [-0.3, -0.25) is 19.5 Å². The zero-order valence-electron chi connectivity index (χ0n) is 20.1. The number of carbonyl (C=O) groups is 2. The van der Waals surface area contributed by atoms with Crippen LogP contribution in [0.15, 0.2) is 59.6 Å². The smallest absolute Gasteiger partial charge is 0.256 e. The van der Waals surface area contributed by atoms with Crippen LogP contribution < -0.4 is 0 Å². The van der Waals surface area contributed by atoms with Gasteiger partial charge in [-0.2, -0.15) is 0 Å². The summed E-state index contributed by atoms with van der Waals surface area (Å²) in [4.78, 5) is 33.7. The second-order valence-electron chi connectivity index (χ2n) is 10.5. The molecule has 1 atom stereocenters. The molecule has 8 heteroatoms. The third kappa shape index (κ3) is 3.73. The molecule has 3 aromatic rings. The van der Waals surface area contributed by atoms with E-state index in [1.165, 1.54) is 18.2 Å². The predicted octanol–water partition coefficient (Wildman–Crippen LogP) is 4.15. The molecule has 3 fully saturated rings. The molecular formula is C29H25F2N3O3. The molecule has 3 heterocycles. The number of nitrogens with zero attached hydrogens (tertiary/aromatic N) is 3. The molecule has 1 unspecified atom stereocenters. The quantitative estimate of drug-likeness (QED) is 0.528. The highest BCUT2D eigenvalue weighted by atomic mass is 19.1. The summed E-state index contributed by atoms with van der Waals surface area (Å²) in [5.74, 6) is -0.291. The van der Waals surface area contributed by atoms with Crippen molar-refractivity contribution < 1.29 is 23.1 Å². The van der Waals surface area contributed by atoms with Gasteiger partial charge in [0.05, 0.1) is 12.2 Å². The summed E-state index contributed by atoms with van der Waals surface area (Å²) in [5, 5.41) is 1.65. The van der Waals surface area contributed by atoms with E-state index in [1.54, 1.807) is 21.9 Å². The molecule has 6 nitrogen and oxygen atoms in total. The van der Waals surface area contributed by atoms with Gasteiger partial charge in [-0.1, -0.05) is 24.3 Å². The molecule has 4 aliphatic rings.